The number of piperazine rings is 1. The van der Waals surface area contributed by atoms with E-state index in [1.807, 2.05) is 49.4 Å². The first-order valence-corrected chi connectivity index (χ1v) is 13.8. The molecule has 0 unspecified atom stereocenters. The maximum atomic E-state index is 13.5. The molecule has 0 N–H and O–H groups in total. The highest BCUT2D eigenvalue weighted by molar-refractivity contribution is 7.94. The van der Waals surface area contributed by atoms with Crippen LogP contribution in [0.5, 0.6) is 0 Å². The van der Waals surface area contributed by atoms with Crippen molar-refractivity contribution < 1.29 is 13.2 Å². The Labute approximate surface area is 212 Å². The highest BCUT2D eigenvalue weighted by atomic mass is 35.5. The number of nitrogens with zero attached hydrogens (tertiary/aromatic N) is 2. The molecule has 0 radical (unpaired) electrons. The van der Waals surface area contributed by atoms with Crippen LogP contribution in [0.4, 0.5) is 0 Å². The lowest BCUT2D eigenvalue weighted by Gasteiger charge is -2.40. The minimum atomic E-state index is -3.73. The van der Waals surface area contributed by atoms with Crippen molar-refractivity contribution in [1.82, 2.24) is 9.80 Å². The number of carbonyl (C=O) groups is 1. The van der Waals surface area contributed by atoms with Crippen LogP contribution in [0.3, 0.4) is 0 Å². The molecule has 0 aromatic heterocycles. The summed E-state index contributed by atoms with van der Waals surface area (Å²) in [7, 11) is -3.73. The summed E-state index contributed by atoms with van der Waals surface area (Å²) in [6, 6.07) is 25.0. The lowest BCUT2D eigenvalue weighted by Crippen LogP contribution is -2.54. The highest BCUT2D eigenvalue weighted by Crippen LogP contribution is 2.48. The van der Waals surface area contributed by atoms with Crippen LogP contribution in [0.15, 0.2) is 83.8 Å². The fraction of sp³-hybridized carbons (Fsp3) is 0.321. The fourth-order valence-corrected chi connectivity index (χ4v) is 7.09. The third kappa shape index (κ3) is 4.51. The SMILES string of the molecule is Cc1ccc(S(=O)(=O)C2(C(=O)N3CCN([C@H](c4ccccc4)c4ccc(Cl)cc4)CC3)CC2)cc1. The molecule has 182 valence electrons. The van der Waals surface area contributed by atoms with E-state index in [0.717, 1.165) is 11.1 Å². The van der Waals surface area contributed by atoms with Crippen LogP contribution in [0, 0.1) is 6.92 Å². The van der Waals surface area contributed by atoms with Crippen LogP contribution in [-0.2, 0) is 14.6 Å². The monoisotopic (exact) mass is 508 g/mol. The molecule has 3 aromatic carbocycles. The predicted octanol–water partition coefficient (Wildman–Crippen LogP) is 4.89. The van der Waals surface area contributed by atoms with E-state index in [9.17, 15) is 13.2 Å². The van der Waals surface area contributed by atoms with Crippen LogP contribution >= 0.6 is 11.6 Å². The highest BCUT2D eigenvalue weighted by Gasteiger charge is 2.62. The van der Waals surface area contributed by atoms with Crippen molar-refractivity contribution in [3.05, 3.63) is 101 Å². The van der Waals surface area contributed by atoms with Gasteiger partial charge in [-0.1, -0.05) is 71.8 Å². The topological polar surface area (TPSA) is 57.7 Å². The lowest BCUT2D eigenvalue weighted by molar-refractivity contribution is -0.133. The first-order valence-electron chi connectivity index (χ1n) is 12.0. The third-order valence-corrected chi connectivity index (χ3v) is 9.96. The fourth-order valence-electron chi connectivity index (χ4n) is 5.02. The number of aryl methyl sites for hydroxylation is 1. The Bertz CT molecular complexity index is 1300. The van der Waals surface area contributed by atoms with E-state index < -0.39 is 14.6 Å². The number of benzene rings is 3. The summed E-state index contributed by atoms with van der Waals surface area (Å²) in [4.78, 5) is 17.9. The van der Waals surface area contributed by atoms with Crippen molar-refractivity contribution in [2.24, 2.45) is 0 Å². The van der Waals surface area contributed by atoms with Crippen LogP contribution < -0.4 is 0 Å². The number of hydrogen-bond acceptors (Lipinski definition) is 4. The molecular formula is C28H29ClN2O3S. The minimum Gasteiger partial charge on any atom is -0.339 e. The normalized spacial score (nSPS) is 18.7. The average molecular weight is 509 g/mol. The minimum absolute atomic E-state index is 0.0388. The molecule has 1 saturated carbocycles. The van der Waals surface area contributed by atoms with E-state index in [1.54, 1.807) is 29.2 Å². The molecule has 0 bridgehead atoms. The first-order chi connectivity index (χ1) is 16.8. The van der Waals surface area contributed by atoms with Crippen molar-refractivity contribution in [3.63, 3.8) is 0 Å². The molecule has 3 aromatic rings. The number of rotatable bonds is 6. The zero-order chi connectivity index (χ0) is 24.6. The molecule has 1 amide bonds. The van der Waals surface area contributed by atoms with Gasteiger partial charge >= 0.3 is 0 Å². The summed E-state index contributed by atoms with van der Waals surface area (Å²) in [6.45, 7) is 4.24. The van der Waals surface area contributed by atoms with E-state index in [2.05, 4.69) is 17.0 Å². The van der Waals surface area contributed by atoms with Crippen molar-refractivity contribution in [1.29, 1.82) is 0 Å². The summed E-state index contributed by atoms with van der Waals surface area (Å²) in [6.07, 6.45) is 0.777. The van der Waals surface area contributed by atoms with Gasteiger partial charge in [0.1, 0.15) is 0 Å². The molecule has 2 aliphatic rings. The molecule has 0 spiro atoms. The molecule has 1 atom stereocenters. The van der Waals surface area contributed by atoms with E-state index in [1.165, 1.54) is 5.56 Å². The predicted molar refractivity (Wildman–Crippen MR) is 138 cm³/mol. The summed E-state index contributed by atoms with van der Waals surface area (Å²) in [5.74, 6) is -0.250. The van der Waals surface area contributed by atoms with Gasteiger partial charge in [0.05, 0.1) is 10.9 Å². The van der Waals surface area contributed by atoms with Gasteiger partial charge < -0.3 is 4.90 Å². The van der Waals surface area contributed by atoms with Crippen molar-refractivity contribution in [3.8, 4) is 0 Å². The largest absolute Gasteiger partial charge is 0.339 e. The molecule has 1 aliphatic carbocycles. The maximum Gasteiger partial charge on any atom is 0.244 e. The zero-order valence-corrected chi connectivity index (χ0v) is 21.3. The van der Waals surface area contributed by atoms with Gasteiger partial charge in [-0.25, -0.2) is 8.42 Å². The number of hydrogen-bond donors (Lipinski definition) is 0. The van der Waals surface area contributed by atoms with Gasteiger partial charge in [0, 0.05) is 31.2 Å². The van der Waals surface area contributed by atoms with E-state index >= 15 is 0 Å². The van der Waals surface area contributed by atoms with Gasteiger partial charge in [-0.2, -0.15) is 0 Å². The molecule has 1 saturated heterocycles. The molecular weight excluding hydrogens is 480 g/mol. The van der Waals surface area contributed by atoms with Crippen molar-refractivity contribution in [2.45, 2.75) is 35.4 Å². The van der Waals surface area contributed by atoms with Gasteiger partial charge in [-0.05, 0) is 55.2 Å². The maximum absolute atomic E-state index is 13.5. The Morgan fingerprint density at radius 3 is 1.97 bits per heavy atom. The van der Waals surface area contributed by atoms with Crippen molar-refractivity contribution in [2.75, 3.05) is 26.2 Å². The van der Waals surface area contributed by atoms with Gasteiger partial charge in [-0.3, -0.25) is 9.69 Å². The molecule has 1 aliphatic heterocycles. The van der Waals surface area contributed by atoms with Gasteiger partial charge in [0.2, 0.25) is 5.91 Å². The molecule has 5 nitrogen and oxygen atoms in total. The van der Waals surface area contributed by atoms with Crippen LogP contribution in [0.2, 0.25) is 5.02 Å². The summed E-state index contributed by atoms with van der Waals surface area (Å²) >= 11 is 6.13. The zero-order valence-electron chi connectivity index (χ0n) is 19.7. The second-order valence-electron chi connectivity index (χ2n) is 9.50. The number of carbonyl (C=O) groups excluding carboxylic acids is 1. The van der Waals surface area contributed by atoms with Crippen molar-refractivity contribution >= 4 is 27.3 Å². The second-order valence-corrected chi connectivity index (χ2v) is 12.2. The standard InChI is InChI=1S/C28H29ClN2O3S/c1-21-7-13-25(14-8-21)35(33,34)28(15-16-28)27(32)31-19-17-30(18-20-31)26(22-5-3-2-4-6-22)23-9-11-24(29)12-10-23/h2-14,26H,15-20H2,1H3/t26-/m1/s1. The molecule has 5 rings (SSSR count). The van der Waals surface area contributed by atoms with Crippen LogP contribution in [0.1, 0.15) is 35.6 Å². The van der Waals surface area contributed by atoms with Crippen LogP contribution in [0.25, 0.3) is 0 Å². The quantitative estimate of drug-likeness (QED) is 0.476. The summed E-state index contributed by atoms with van der Waals surface area (Å²) in [5, 5.41) is 0.695. The first kappa shape index (κ1) is 24.0. The second kappa shape index (κ2) is 9.41. The van der Waals surface area contributed by atoms with E-state index in [0.29, 0.717) is 44.0 Å². The summed E-state index contributed by atoms with van der Waals surface area (Å²) < 4.78 is 25.5. The summed E-state index contributed by atoms with van der Waals surface area (Å²) in [5.41, 5.74) is 3.31. The Balaban J connectivity index is 1.34. The smallest absolute Gasteiger partial charge is 0.244 e. The Kier molecular flexibility index (Phi) is 6.47. The molecule has 1 heterocycles. The number of sulfone groups is 1. The number of amides is 1. The Hall–Kier alpha value is -2.67. The van der Waals surface area contributed by atoms with E-state index in [-0.39, 0.29) is 16.8 Å². The lowest BCUT2D eigenvalue weighted by atomic mass is 9.96. The number of halogens is 1. The van der Waals surface area contributed by atoms with E-state index in [4.69, 9.17) is 11.6 Å². The van der Waals surface area contributed by atoms with Gasteiger partial charge in [0.25, 0.3) is 0 Å². The van der Waals surface area contributed by atoms with Crippen LogP contribution in [-0.4, -0.2) is 55.1 Å². The third-order valence-electron chi connectivity index (χ3n) is 7.21. The van der Waals surface area contributed by atoms with Gasteiger partial charge in [0.15, 0.2) is 14.6 Å². The average Bonchev–Trinajstić information content (AvgIpc) is 3.69. The molecule has 7 heteroatoms. The Morgan fingerprint density at radius 2 is 1.40 bits per heavy atom. The van der Waals surface area contributed by atoms with Gasteiger partial charge in [-0.15, -0.1) is 0 Å². The molecule has 2 fully saturated rings. The Morgan fingerprint density at radius 1 is 0.829 bits per heavy atom. The molecule has 35 heavy (non-hydrogen) atoms.